The molecule has 0 heterocycles. The summed E-state index contributed by atoms with van der Waals surface area (Å²) in [5.74, 6) is 1.06. The van der Waals surface area contributed by atoms with Gasteiger partial charge in [0.05, 0.1) is 32.3 Å². The summed E-state index contributed by atoms with van der Waals surface area (Å²) >= 11 is 0. The summed E-state index contributed by atoms with van der Waals surface area (Å²) < 4.78 is 41.8. The average Bonchev–Trinajstić information content (AvgIpc) is 2.69. The van der Waals surface area contributed by atoms with Crippen molar-refractivity contribution in [2.45, 2.75) is 26.5 Å². The molecule has 0 aliphatic heterocycles. The van der Waals surface area contributed by atoms with Gasteiger partial charge in [-0.05, 0) is 43.7 Å². The molecule has 2 aromatic rings. The Kier molecular flexibility index (Phi) is 7.93. The molecule has 0 spiro atoms. The standard InChI is InChI=1S/C21H28N2O6S/c1-15(2)29-17-8-6-16(7-9-17)13-22-21(24)14-23(30(5,25)26)19-12-18(27-3)10-11-20(19)28-4/h6-12,15H,13-14H2,1-5H3,(H,22,24). The van der Waals surface area contributed by atoms with Crippen LogP contribution < -0.4 is 23.8 Å². The zero-order valence-corrected chi connectivity index (χ0v) is 18.7. The molecular formula is C21H28N2O6S. The van der Waals surface area contributed by atoms with Crippen molar-refractivity contribution in [1.82, 2.24) is 5.32 Å². The Bertz CT molecular complexity index is 958. The van der Waals surface area contributed by atoms with E-state index in [1.807, 2.05) is 38.1 Å². The zero-order chi connectivity index (χ0) is 22.3. The third-order valence-electron chi connectivity index (χ3n) is 4.13. The van der Waals surface area contributed by atoms with E-state index in [2.05, 4.69) is 5.32 Å². The number of hydrogen-bond donors (Lipinski definition) is 1. The van der Waals surface area contributed by atoms with Crippen LogP contribution in [-0.2, 0) is 21.4 Å². The summed E-state index contributed by atoms with van der Waals surface area (Å²) in [4.78, 5) is 12.5. The van der Waals surface area contributed by atoms with Crippen LogP contribution >= 0.6 is 0 Å². The molecule has 0 saturated carbocycles. The van der Waals surface area contributed by atoms with Gasteiger partial charge >= 0.3 is 0 Å². The van der Waals surface area contributed by atoms with Crippen molar-refractivity contribution >= 4 is 21.6 Å². The quantitative estimate of drug-likeness (QED) is 0.615. The number of benzene rings is 2. The molecule has 30 heavy (non-hydrogen) atoms. The second kappa shape index (κ2) is 10.2. The monoisotopic (exact) mass is 436 g/mol. The maximum atomic E-state index is 12.5. The SMILES string of the molecule is COc1ccc(OC)c(N(CC(=O)NCc2ccc(OC(C)C)cc2)S(C)(=O)=O)c1. The Labute approximate surface area is 177 Å². The van der Waals surface area contributed by atoms with Crippen molar-refractivity contribution in [2.75, 3.05) is 31.3 Å². The molecule has 0 aliphatic carbocycles. The molecule has 0 saturated heterocycles. The fraction of sp³-hybridized carbons (Fsp3) is 0.381. The summed E-state index contributed by atoms with van der Waals surface area (Å²) in [5.41, 5.74) is 1.09. The van der Waals surface area contributed by atoms with E-state index in [9.17, 15) is 13.2 Å². The van der Waals surface area contributed by atoms with E-state index >= 15 is 0 Å². The minimum Gasteiger partial charge on any atom is -0.497 e. The summed E-state index contributed by atoms with van der Waals surface area (Å²) in [6.07, 6.45) is 1.11. The van der Waals surface area contributed by atoms with Crippen LogP contribution in [0.3, 0.4) is 0 Å². The highest BCUT2D eigenvalue weighted by Gasteiger charge is 2.24. The number of nitrogens with one attached hydrogen (secondary N) is 1. The molecule has 0 atom stereocenters. The predicted octanol–water partition coefficient (Wildman–Crippen LogP) is 2.57. The van der Waals surface area contributed by atoms with Gasteiger partial charge in [-0.1, -0.05) is 12.1 Å². The molecule has 2 rings (SSSR count). The highest BCUT2D eigenvalue weighted by molar-refractivity contribution is 7.92. The summed E-state index contributed by atoms with van der Waals surface area (Å²) in [5, 5.41) is 2.74. The molecule has 9 heteroatoms. The fourth-order valence-electron chi connectivity index (χ4n) is 2.72. The first-order valence-corrected chi connectivity index (χ1v) is 11.2. The molecule has 164 valence electrons. The molecule has 1 amide bonds. The second-order valence-electron chi connectivity index (χ2n) is 6.89. The van der Waals surface area contributed by atoms with Gasteiger partial charge < -0.3 is 19.5 Å². The van der Waals surface area contributed by atoms with Crippen LogP contribution in [0, 0.1) is 0 Å². The summed E-state index contributed by atoms with van der Waals surface area (Å²) in [6.45, 7) is 3.75. The van der Waals surface area contributed by atoms with Gasteiger partial charge in [-0.3, -0.25) is 9.10 Å². The van der Waals surface area contributed by atoms with E-state index in [1.54, 1.807) is 12.1 Å². The topological polar surface area (TPSA) is 94.2 Å². The van der Waals surface area contributed by atoms with Crippen molar-refractivity contribution in [2.24, 2.45) is 0 Å². The number of carbonyl (C=O) groups is 1. The lowest BCUT2D eigenvalue weighted by Gasteiger charge is -2.24. The van der Waals surface area contributed by atoms with Crippen molar-refractivity contribution in [1.29, 1.82) is 0 Å². The molecular weight excluding hydrogens is 408 g/mol. The first kappa shape index (κ1) is 23.3. The van der Waals surface area contributed by atoms with Crippen LogP contribution in [0.2, 0.25) is 0 Å². The molecule has 0 unspecified atom stereocenters. The van der Waals surface area contributed by atoms with Gasteiger partial charge in [-0.2, -0.15) is 0 Å². The lowest BCUT2D eigenvalue weighted by atomic mass is 10.2. The Balaban J connectivity index is 2.12. The molecule has 2 aromatic carbocycles. The van der Waals surface area contributed by atoms with E-state index in [0.717, 1.165) is 21.9 Å². The van der Waals surface area contributed by atoms with E-state index < -0.39 is 22.5 Å². The van der Waals surface area contributed by atoms with Gasteiger partial charge in [-0.25, -0.2) is 8.42 Å². The Morgan fingerprint density at radius 2 is 1.67 bits per heavy atom. The maximum absolute atomic E-state index is 12.5. The third-order valence-corrected chi connectivity index (χ3v) is 5.25. The van der Waals surface area contributed by atoms with E-state index in [-0.39, 0.29) is 18.3 Å². The highest BCUT2D eigenvalue weighted by Crippen LogP contribution is 2.33. The van der Waals surface area contributed by atoms with Crippen LogP contribution in [0.15, 0.2) is 42.5 Å². The van der Waals surface area contributed by atoms with Gasteiger partial charge in [0.2, 0.25) is 15.9 Å². The number of sulfonamides is 1. The first-order valence-electron chi connectivity index (χ1n) is 9.36. The average molecular weight is 437 g/mol. The molecule has 0 aromatic heterocycles. The minimum absolute atomic E-state index is 0.0751. The van der Waals surface area contributed by atoms with Crippen molar-refractivity contribution in [3.05, 3.63) is 48.0 Å². The number of anilines is 1. The summed E-state index contributed by atoms with van der Waals surface area (Å²) in [6, 6.07) is 12.1. The smallest absolute Gasteiger partial charge is 0.241 e. The van der Waals surface area contributed by atoms with Crippen LogP contribution in [0.25, 0.3) is 0 Å². The van der Waals surface area contributed by atoms with Crippen molar-refractivity contribution in [3.63, 3.8) is 0 Å². The highest BCUT2D eigenvalue weighted by atomic mass is 32.2. The number of amides is 1. The number of nitrogens with zero attached hydrogens (tertiary/aromatic N) is 1. The molecule has 0 fully saturated rings. The lowest BCUT2D eigenvalue weighted by molar-refractivity contribution is -0.119. The zero-order valence-electron chi connectivity index (χ0n) is 17.8. The molecule has 0 bridgehead atoms. The molecule has 1 N–H and O–H groups in total. The van der Waals surface area contributed by atoms with Gasteiger partial charge in [0.25, 0.3) is 0 Å². The Hall–Kier alpha value is -2.94. The number of hydrogen-bond acceptors (Lipinski definition) is 6. The van der Waals surface area contributed by atoms with Gasteiger partial charge in [0.15, 0.2) is 0 Å². The largest absolute Gasteiger partial charge is 0.497 e. The van der Waals surface area contributed by atoms with Gasteiger partial charge in [-0.15, -0.1) is 0 Å². The molecule has 8 nitrogen and oxygen atoms in total. The number of rotatable bonds is 10. The van der Waals surface area contributed by atoms with Crippen molar-refractivity contribution in [3.8, 4) is 17.2 Å². The van der Waals surface area contributed by atoms with E-state index in [1.165, 1.54) is 20.3 Å². The van der Waals surface area contributed by atoms with Crippen LogP contribution in [0.4, 0.5) is 5.69 Å². The molecule has 0 radical (unpaired) electrons. The third kappa shape index (κ3) is 6.55. The molecule has 0 aliphatic rings. The second-order valence-corrected chi connectivity index (χ2v) is 8.80. The first-order chi connectivity index (χ1) is 14.1. The van der Waals surface area contributed by atoms with Crippen LogP contribution in [0.1, 0.15) is 19.4 Å². The Morgan fingerprint density at radius 1 is 1.03 bits per heavy atom. The van der Waals surface area contributed by atoms with E-state index in [0.29, 0.717) is 11.5 Å². The summed E-state index contributed by atoms with van der Waals surface area (Å²) in [7, 11) is -0.848. The fourth-order valence-corrected chi connectivity index (χ4v) is 3.57. The predicted molar refractivity (Wildman–Crippen MR) is 116 cm³/mol. The minimum atomic E-state index is -3.75. The van der Waals surface area contributed by atoms with Crippen LogP contribution in [0.5, 0.6) is 17.2 Å². The number of methoxy groups -OCH3 is 2. The van der Waals surface area contributed by atoms with Gasteiger partial charge in [0, 0.05) is 12.6 Å². The lowest BCUT2D eigenvalue weighted by Crippen LogP contribution is -2.40. The van der Waals surface area contributed by atoms with Crippen LogP contribution in [-0.4, -0.2) is 47.4 Å². The maximum Gasteiger partial charge on any atom is 0.241 e. The number of ether oxygens (including phenoxy) is 3. The normalized spacial score (nSPS) is 11.1. The van der Waals surface area contributed by atoms with Crippen molar-refractivity contribution < 1.29 is 27.4 Å². The Morgan fingerprint density at radius 3 is 2.20 bits per heavy atom. The van der Waals surface area contributed by atoms with E-state index in [4.69, 9.17) is 14.2 Å². The van der Waals surface area contributed by atoms with Gasteiger partial charge in [0.1, 0.15) is 23.8 Å². The number of carbonyl (C=O) groups excluding carboxylic acids is 1.